The van der Waals surface area contributed by atoms with Gasteiger partial charge in [-0.25, -0.2) is 9.37 Å². The van der Waals surface area contributed by atoms with Crippen molar-refractivity contribution in [2.45, 2.75) is 26.2 Å². The maximum absolute atomic E-state index is 13.8. The molecule has 1 aliphatic rings. The minimum atomic E-state index is -0.211. The Morgan fingerprint density at radius 2 is 2.00 bits per heavy atom. The van der Waals surface area contributed by atoms with E-state index >= 15 is 0 Å². The lowest BCUT2D eigenvalue weighted by atomic mass is 9.74. The average Bonchev–Trinajstić information content (AvgIpc) is 2.45. The maximum atomic E-state index is 13.8. The van der Waals surface area contributed by atoms with Crippen molar-refractivity contribution in [3.63, 3.8) is 0 Å². The van der Waals surface area contributed by atoms with Gasteiger partial charge in [0, 0.05) is 10.9 Å². The van der Waals surface area contributed by atoms with Crippen molar-refractivity contribution in [2.24, 2.45) is 0 Å². The number of rotatable bonds is 1. The van der Waals surface area contributed by atoms with Gasteiger partial charge in [-0.05, 0) is 60.7 Å². The van der Waals surface area contributed by atoms with Gasteiger partial charge in [-0.15, -0.1) is 0 Å². The largest absolute Gasteiger partial charge is 0.248 e. The Morgan fingerprint density at radius 1 is 1.14 bits per heavy atom. The van der Waals surface area contributed by atoms with Crippen molar-refractivity contribution >= 4 is 10.9 Å². The smallest absolute Gasteiger partial charge is 0.132 e. The van der Waals surface area contributed by atoms with Crippen LogP contribution in [0.4, 0.5) is 4.39 Å². The molecule has 0 N–H and O–H groups in total. The number of aromatic nitrogens is 1. The molecule has 0 spiro atoms. The molecular formula is C19H16FN. The summed E-state index contributed by atoms with van der Waals surface area (Å²) in [5.41, 5.74) is 6.96. The molecule has 0 bridgehead atoms. The Kier molecular flexibility index (Phi) is 2.61. The first-order chi connectivity index (χ1) is 10.1. The van der Waals surface area contributed by atoms with E-state index in [9.17, 15) is 4.39 Å². The lowest BCUT2D eigenvalue weighted by Crippen LogP contribution is -2.16. The molecule has 1 atom stereocenters. The molecule has 1 aliphatic carbocycles. The summed E-state index contributed by atoms with van der Waals surface area (Å²) in [6, 6.07) is 13.3. The SMILES string of the molecule is Cc1cc2c(c(-c3ccc4c(F)cccc4n3)c1)C(C)C2. The second kappa shape index (κ2) is 4.39. The average molecular weight is 277 g/mol. The fourth-order valence-corrected chi connectivity index (χ4v) is 3.40. The molecule has 104 valence electrons. The van der Waals surface area contributed by atoms with Gasteiger partial charge in [0.1, 0.15) is 5.82 Å². The zero-order chi connectivity index (χ0) is 14.6. The summed E-state index contributed by atoms with van der Waals surface area (Å²) < 4.78 is 13.8. The van der Waals surface area contributed by atoms with Crippen molar-refractivity contribution in [3.05, 3.63) is 65.0 Å². The number of nitrogens with zero attached hydrogens (tertiary/aromatic N) is 1. The van der Waals surface area contributed by atoms with Crippen LogP contribution >= 0.6 is 0 Å². The van der Waals surface area contributed by atoms with Crippen LogP contribution in [0.2, 0.25) is 0 Å². The van der Waals surface area contributed by atoms with Crippen LogP contribution in [0, 0.1) is 12.7 Å². The van der Waals surface area contributed by atoms with Gasteiger partial charge in [0.15, 0.2) is 0 Å². The molecule has 1 heterocycles. The van der Waals surface area contributed by atoms with Crippen LogP contribution in [-0.2, 0) is 6.42 Å². The third-order valence-electron chi connectivity index (χ3n) is 4.38. The molecule has 1 aromatic heterocycles. The van der Waals surface area contributed by atoms with Crippen LogP contribution in [0.15, 0.2) is 42.5 Å². The van der Waals surface area contributed by atoms with Gasteiger partial charge in [-0.3, -0.25) is 0 Å². The summed E-state index contributed by atoms with van der Waals surface area (Å²) in [6.07, 6.45) is 1.15. The first-order valence-electron chi connectivity index (χ1n) is 7.32. The van der Waals surface area contributed by atoms with Gasteiger partial charge in [-0.2, -0.15) is 0 Å². The van der Waals surface area contributed by atoms with Crippen LogP contribution in [0.5, 0.6) is 0 Å². The molecule has 0 radical (unpaired) electrons. The Labute approximate surface area is 123 Å². The van der Waals surface area contributed by atoms with E-state index in [1.807, 2.05) is 18.2 Å². The second-order valence-corrected chi connectivity index (χ2v) is 5.99. The van der Waals surface area contributed by atoms with Crippen LogP contribution in [-0.4, -0.2) is 4.98 Å². The number of fused-ring (bicyclic) bond motifs is 2. The van der Waals surface area contributed by atoms with Gasteiger partial charge in [-0.1, -0.05) is 24.6 Å². The van der Waals surface area contributed by atoms with Crippen molar-refractivity contribution in [1.29, 1.82) is 0 Å². The molecule has 21 heavy (non-hydrogen) atoms. The fourth-order valence-electron chi connectivity index (χ4n) is 3.40. The molecule has 0 saturated heterocycles. The van der Waals surface area contributed by atoms with Crippen molar-refractivity contribution in [1.82, 2.24) is 4.98 Å². The van der Waals surface area contributed by atoms with E-state index in [2.05, 4.69) is 31.0 Å². The second-order valence-electron chi connectivity index (χ2n) is 5.99. The van der Waals surface area contributed by atoms with Crippen molar-refractivity contribution in [3.8, 4) is 11.3 Å². The molecule has 0 fully saturated rings. The van der Waals surface area contributed by atoms with Gasteiger partial charge in [0.25, 0.3) is 0 Å². The van der Waals surface area contributed by atoms with Gasteiger partial charge in [0.2, 0.25) is 0 Å². The van der Waals surface area contributed by atoms with E-state index in [-0.39, 0.29) is 5.82 Å². The minimum Gasteiger partial charge on any atom is -0.248 e. The standard InChI is InChI=1S/C19H16FN/c1-11-8-13-10-12(2)19(13)15(9-11)18-7-6-14-16(20)4-3-5-17(14)21-18/h3-9,12H,10H2,1-2H3. The molecule has 1 nitrogen and oxygen atoms in total. The number of hydrogen-bond acceptors (Lipinski definition) is 1. The number of pyridine rings is 1. The molecule has 0 aliphatic heterocycles. The minimum absolute atomic E-state index is 0.211. The summed E-state index contributed by atoms with van der Waals surface area (Å²) in [6.45, 7) is 4.37. The van der Waals surface area contributed by atoms with E-state index in [0.29, 0.717) is 11.3 Å². The highest BCUT2D eigenvalue weighted by molar-refractivity contribution is 5.83. The third kappa shape index (κ3) is 1.86. The quantitative estimate of drug-likeness (QED) is 0.609. The monoisotopic (exact) mass is 277 g/mol. The van der Waals surface area contributed by atoms with E-state index in [1.54, 1.807) is 6.07 Å². The zero-order valence-corrected chi connectivity index (χ0v) is 12.2. The highest BCUT2D eigenvalue weighted by Gasteiger charge is 2.26. The predicted octanol–water partition coefficient (Wildman–Crippen LogP) is 5.01. The molecule has 0 saturated carbocycles. The number of benzene rings is 2. The van der Waals surface area contributed by atoms with E-state index < -0.39 is 0 Å². The summed E-state index contributed by atoms with van der Waals surface area (Å²) in [4.78, 5) is 4.68. The predicted molar refractivity (Wildman–Crippen MR) is 84.0 cm³/mol. The van der Waals surface area contributed by atoms with Crippen molar-refractivity contribution in [2.75, 3.05) is 0 Å². The molecule has 4 rings (SSSR count). The molecule has 3 aromatic rings. The van der Waals surface area contributed by atoms with E-state index in [4.69, 9.17) is 0 Å². The lowest BCUT2D eigenvalue weighted by Gasteiger charge is -2.30. The van der Waals surface area contributed by atoms with Gasteiger partial charge in [0.05, 0.1) is 11.2 Å². The molecular weight excluding hydrogens is 261 g/mol. The van der Waals surface area contributed by atoms with Gasteiger partial charge >= 0.3 is 0 Å². The normalized spacial score (nSPS) is 16.6. The van der Waals surface area contributed by atoms with Crippen LogP contribution in [0.3, 0.4) is 0 Å². The van der Waals surface area contributed by atoms with Crippen LogP contribution in [0.25, 0.3) is 22.2 Å². The van der Waals surface area contributed by atoms with E-state index in [1.165, 1.54) is 28.3 Å². The molecule has 0 amide bonds. The fraction of sp³-hybridized carbons (Fsp3) is 0.211. The first-order valence-corrected chi connectivity index (χ1v) is 7.32. The molecule has 2 heteroatoms. The summed E-state index contributed by atoms with van der Waals surface area (Å²) in [5.74, 6) is 0.373. The summed E-state index contributed by atoms with van der Waals surface area (Å²) in [5, 5.41) is 0.584. The first kappa shape index (κ1) is 12.5. The Morgan fingerprint density at radius 3 is 2.81 bits per heavy atom. The number of aryl methyl sites for hydroxylation is 1. The topological polar surface area (TPSA) is 12.9 Å². The van der Waals surface area contributed by atoms with Crippen LogP contribution in [0.1, 0.15) is 29.5 Å². The molecule has 2 aromatic carbocycles. The summed E-state index contributed by atoms with van der Waals surface area (Å²) >= 11 is 0. The maximum Gasteiger partial charge on any atom is 0.132 e. The highest BCUT2D eigenvalue weighted by atomic mass is 19.1. The Bertz CT molecular complexity index is 867. The summed E-state index contributed by atoms with van der Waals surface area (Å²) in [7, 11) is 0. The highest BCUT2D eigenvalue weighted by Crippen LogP contribution is 2.42. The number of halogens is 1. The lowest BCUT2D eigenvalue weighted by molar-refractivity contribution is 0.639. The third-order valence-corrected chi connectivity index (χ3v) is 4.38. The number of hydrogen-bond donors (Lipinski definition) is 0. The van der Waals surface area contributed by atoms with Gasteiger partial charge < -0.3 is 0 Å². The van der Waals surface area contributed by atoms with E-state index in [0.717, 1.165) is 17.6 Å². The Balaban J connectivity index is 1.95. The zero-order valence-electron chi connectivity index (χ0n) is 12.2. The van der Waals surface area contributed by atoms with Crippen LogP contribution < -0.4 is 0 Å². The van der Waals surface area contributed by atoms with Crippen molar-refractivity contribution < 1.29 is 4.39 Å². The molecule has 1 unspecified atom stereocenters. The Hall–Kier alpha value is -2.22.